The molecule has 4 aromatic rings. The van der Waals surface area contributed by atoms with Gasteiger partial charge in [0.1, 0.15) is 30.5 Å². The van der Waals surface area contributed by atoms with Crippen LogP contribution in [0.25, 0.3) is 0 Å². The smallest absolute Gasteiger partial charge is 0.151 e. The summed E-state index contributed by atoms with van der Waals surface area (Å²) in [6, 6.07) is 39.7. The van der Waals surface area contributed by atoms with Crippen molar-refractivity contribution in [3.8, 4) is 0 Å². The fourth-order valence-corrected chi connectivity index (χ4v) is 4.93. The minimum Gasteiger partial charge on any atom is -0.374 e. The summed E-state index contributed by atoms with van der Waals surface area (Å²) in [5.41, 5.74) is 4.09. The number of carbonyl (C=O) groups excluding carboxylic acids is 1. The third kappa shape index (κ3) is 8.43. The molecule has 6 heteroatoms. The zero-order valence-electron chi connectivity index (χ0n) is 23.0. The van der Waals surface area contributed by atoms with Crippen LogP contribution in [-0.2, 0) is 54.9 Å². The first-order valence-electron chi connectivity index (χ1n) is 14.0. The molecule has 1 aliphatic rings. The zero-order chi connectivity index (χ0) is 28.1. The molecule has 0 N–H and O–H groups in total. The molecule has 0 radical (unpaired) electrons. The number of carbonyl (C=O) groups is 1. The molecule has 5 rings (SSSR count). The molecule has 212 valence electrons. The first-order valence-corrected chi connectivity index (χ1v) is 14.0. The van der Waals surface area contributed by atoms with Crippen molar-refractivity contribution in [2.24, 2.45) is 0 Å². The van der Waals surface area contributed by atoms with Crippen molar-refractivity contribution in [1.29, 1.82) is 0 Å². The molecule has 0 amide bonds. The van der Waals surface area contributed by atoms with E-state index in [-0.39, 0.29) is 6.61 Å². The highest BCUT2D eigenvalue weighted by Crippen LogP contribution is 2.30. The monoisotopic (exact) mass is 552 g/mol. The molecule has 0 spiro atoms. The van der Waals surface area contributed by atoms with E-state index in [1.165, 1.54) is 0 Å². The normalized spacial score (nSPS) is 22.3. The average molecular weight is 553 g/mol. The van der Waals surface area contributed by atoms with Gasteiger partial charge in [-0.2, -0.15) is 0 Å². The molecule has 0 bridgehead atoms. The van der Waals surface area contributed by atoms with Gasteiger partial charge in [0.05, 0.1) is 33.0 Å². The van der Waals surface area contributed by atoms with E-state index in [0.29, 0.717) is 26.4 Å². The number of rotatable bonds is 14. The maximum absolute atomic E-state index is 12.4. The molecular formula is C35H36O6. The largest absolute Gasteiger partial charge is 0.374 e. The van der Waals surface area contributed by atoms with E-state index in [1.807, 2.05) is 121 Å². The van der Waals surface area contributed by atoms with Crippen LogP contribution in [0.2, 0.25) is 0 Å². The van der Waals surface area contributed by atoms with Gasteiger partial charge in [-0.15, -0.1) is 0 Å². The lowest BCUT2D eigenvalue weighted by Crippen LogP contribution is -2.61. The Morgan fingerprint density at radius 2 is 0.902 bits per heavy atom. The summed E-state index contributed by atoms with van der Waals surface area (Å²) in [6.07, 6.45) is -2.41. The van der Waals surface area contributed by atoms with E-state index in [2.05, 4.69) is 0 Å². The Morgan fingerprint density at radius 1 is 0.512 bits per heavy atom. The van der Waals surface area contributed by atoms with Gasteiger partial charge >= 0.3 is 0 Å². The van der Waals surface area contributed by atoms with Crippen molar-refractivity contribution in [2.45, 2.75) is 56.9 Å². The van der Waals surface area contributed by atoms with Gasteiger partial charge in [-0.05, 0) is 22.3 Å². The molecule has 1 heterocycles. The first-order chi connectivity index (χ1) is 20.3. The standard InChI is InChI=1S/C35H36O6/c36-21-31-33(38-23-28-15-7-2-8-16-28)35(40-25-30-19-11-4-12-20-30)34(39-24-29-17-9-3-10-18-29)32(41-31)26-37-22-27-13-5-1-6-14-27/h1-21,31-35H,22-26H2/t31-,32?,33?,34-,35?/m0/s1. The van der Waals surface area contributed by atoms with Crippen LogP contribution in [0.5, 0.6) is 0 Å². The lowest BCUT2D eigenvalue weighted by Gasteiger charge is -2.44. The maximum Gasteiger partial charge on any atom is 0.151 e. The minimum atomic E-state index is -0.846. The lowest BCUT2D eigenvalue weighted by atomic mass is 9.94. The van der Waals surface area contributed by atoms with Crippen molar-refractivity contribution in [2.75, 3.05) is 6.61 Å². The predicted molar refractivity (Wildman–Crippen MR) is 156 cm³/mol. The van der Waals surface area contributed by atoms with E-state index in [1.54, 1.807) is 0 Å². The fourth-order valence-electron chi connectivity index (χ4n) is 4.93. The Kier molecular flexibility index (Phi) is 10.8. The van der Waals surface area contributed by atoms with Gasteiger partial charge in [-0.3, -0.25) is 0 Å². The number of hydrogen-bond acceptors (Lipinski definition) is 6. The summed E-state index contributed by atoms with van der Waals surface area (Å²) in [4.78, 5) is 12.4. The molecule has 1 fully saturated rings. The molecule has 3 unspecified atom stereocenters. The summed E-state index contributed by atoms with van der Waals surface area (Å²) in [5.74, 6) is 0. The molecular weight excluding hydrogens is 516 g/mol. The maximum atomic E-state index is 12.4. The Hall–Kier alpha value is -3.65. The molecule has 0 saturated carbocycles. The quantitative estimate of drug-likeness (QED) is 0.181. The van der Waals surface area contributed by atoms with E-state index >= 15 is 0 Å². The highest BCUT2D eigenvalue weighted by Gasteiger charge is 2.48. The zero-order valence-corrected chi connectivity index (χ0v) is 23.0. The van der Waals surface area contributed by atoms with Crippen molar-refractivity contribution in [3.63, 3.8) is 0 Å². The van der Waals surface area contributed by atoms with Gasteiger partial charge in [-0.25, -0.2) is 0 Å². The Balaban J connectivity index is 1.39. The number of ether oxygens (including phenoxy) is 5. The van der Waals surface area contributed by atoms with Crippen molar-refractivity contribution in [1.82, 2.24) is 0 Å². The fraction of sp³-hybridized carbons (Fsp3) is 0.286. The third-order valence-electron chi connectivity index (χ3n) is 7.05. The van der Waals surface area contributed by atoms with Crippen LogP contribution < -0.4 is 0 Å². The highest BCUT2D eigenvalue weighted by atomic mass is 16.6. The van der Waals surface area contributed by atoms with Crippen molar-refractivity contribution < 1.29 is 28.5 Å². The minimum absolute atomic E-state index is 0.231. The summed E-state index contributed by atoms with van der Waals surface area (Å²) in [7, 11) is 0. The van der Waals surface area contributed by atoms with E-state index < -0.39 is 30.5 Å². The van der Waals surface area contributed by atoms with Crippen LogP contribution >= 0.6 is 0 Å². The van der Waals surface area contributed by atoms with Gasteiger partial charge in [0, 0.05) is 0 Å². The van der Waals surface area contributed by atoms with Crippen LogP contribution in [0.4, 0.5) is 0 Å². The van der Waals surface area contributed by atoms with Crippen molar-refractivity contribution in [3.05, 3.63) is 144 Å². The average Bonchev–Trinajstić information content (AvgIpc) is 3.04. The van der Waals surface area contributed by atoms with Gasteiger partial charge in [0.25, 0.3) is 0 Å². The molecule has 1 aliphatic heterocycles. The summed E-state index contributed by atoms with van der Waals surface area (Å²) in [5, 5.41) is 0. The van der Waals surface area contributed by atoms with Crippen molar-refractivity contribution >= 4 is 6.29 Å². The van der Waals surface area contributed by atoms with Crippen LogP contribution in [0.15, 0.2) is 121 Å². The van der Waals surface area contributed by atoms with E-state index in [9.17, 15) is 4.79 Å². The third-order valence-corrected chi connectivity index (χ3v) is 7.05. The van der Waals surface area contributed by atoms with Gasteiger partial charge in [0.2, 0.25) is 0 Å². The van der Waals surface area contributed by atoms with E-state index in [0.717, 1.165) is 28.5 Å². The molecule has 5 atom stereocenters. The van der Waals surface area contributed by atoms with Gasteiger partial charge in [0.15, 0.2) is 6.29 Å². The molecule has 6 nitrogen and oxygen atoms in total. The second-order valence-electron chi connectivity index (χ2n) is 10.1. The second kappa shape index (κ2) is 15.4. The molecule has 1 saturated heterocycles. The molecule has 0 aliphatic carbocycles. The topological polar surface area (TPSA) is 63.2 Å². The number of aldehydes is 1. The lowest BCUT2D eigenvalue weighted by molar-refractivity contribution is -0.264. The van der Waals surface area contributed by atoms with Crippen LogP contribution in [0, 0.1) is 0 Å². The van der Waals surface area contributed by atoms with E-state index in [4.69, 9.17) is 23.7 Å². The summed E-state index contributed by atoms with van der Waals surface area (Å²) >= 11 is 0. The number of hydrogen-bond donors (Lipinski definition) is 0. The Morgan fingerprint density at radius 3 is 1.34 bits per heavy atom. The molecule has 41 heavy (non-hydrogen) atoms. The SMILES string of the molecule is O=C[C@@H]1OC(COCc2ccccc2)[C@H](OCc2ccccc2)C(OCc2ccccc2)C1OCc1ccccc1. The predicted octanol–water partition coefficient (Wildman–Crippen LogP) is 5.93. The van der Waals surface area contributed by atoms with Gasteiger partial charge < -0.3 is 28.5 Å². The Bertz CT molecular complexity index is 1290. The second-order valence-corrected chi connectivity index (χ2v) is 10.1. The van der Waals surface area contributed by atoms with Crippen LogP contribution in [0.1, 0.15) is 22.3 Å². The summed E-state index contributed by atoms with van der Waals surface area (Å²) in [6.45, 7) is 1.65. The highest BCUT2D eigenvalue weighted by molar-refractivity contribution is 5.58. The Labute approximate surface area is 241 Å². The van der Waals surface area contributed by atoms with Gasteiger partial charge in [-0.1, -0.05) is 121 Å². The molecule has 0 aromatic heterocycles. The van der Waals surface area contributed by atoms with Crippen LogP contribution in [-0.4, -0.2) is 43.4 Å². The van der Waals surface area contributed by atoms with Crippen LogP contribution in [0.3, 0.4) is 0 Å². The first kappa shape index (κ1) is 28.9. The summed E-state index contributed by atoms with van der Waals surface area (Å²) < 4.78 is 31.9. The molecule has 4 aromatic carbocycles. The number of benzene rings is 4.